The van der Waals surface area contributed by atoms with Crippen LogP contribution in [0.5, 0.6) is 34.5 Å². The van der Waals surface area contributed by atoms with Crippen molar-refractivity contribution in [1.82, 2.24) is 91.6 Å². The first-order valence-electron chi connectivity index (χ1n) is 45.0. The third-order valence-corrected chi connectivity index (χ3v) is 28.0. The molecule has 4 aliphatic carbocycles. The van der Waals surface area contributed by atoms with Crippen LogP contribution in [0.3, 0.4) is 0 Å². The summed E-state index contributed by atoms with van der Waals surface area (Å²) in [7, 11) is 12.9. The van der Waals surface area contributed by atoms with Crippen molar-refractivity contribution >= 4 is 205 Å². The van der Waals surface area contributed by atoms with Crippen LogP contribution in [0.1, 0.15) is 114 Å². The first kappa shape index (κ1) is 106. The minimum atomic E-state index is -0.307. The Hall–Kier alpha value is -7.88. The van der Waals surface area contributed by atoms with Gasteiger partial charge in [-0.1, -0.05) is 160 Å². The number of hydrogen-bond acceptors (Lipinski definition) is 26. The zero-order valence-corrected chi connectivity index (χ0v) is 86.6. The van der Waals surface area contributed by atoms with Crippen LogP contribution in [-0.2, 0) is 83.8 Å². The lowest BCUT2D eigenvalue weighted by Crippen LogP contribution is -2.46. The van der Waals surface area contributed by atoms with Gasteiger partial charge in [0.15, 0.2) is 34.5 Å². The van der Waals surface area contributed by atoms with Crippen LogP contribution in [-0.4, -0.2) is 237 Å². The molecule has 6 aliphatic rings. The summed E-state index contributed by atoms with van der Waals surface area (Å²) in [5, 5.41) is 64.2. The summed E-state index contributed by atoms with van der Waals surface area (Å²) in [6.45, 7) is 23.9. The van der Waals surface area contributed by atoms with Crippen LogP contribution in [0.15, 0.2) is 65.2 Å². The van der Waals surface area contributed by atoms with Gasteiger partial charge in [-0.15, -0.1) is 0 Å². The normalized spacial score (nSPS) is 15.4. The zero-order chi connectivity index (χ0) is 99.5. The Balaban J connectivity index is 0.000000139. The van der Waals surface area contributed by atoms with Crippen molar-refractivity contribution < 1.29 is 35.4 Å². The van der Waals surface area contributed by atoms with Gasteiger partial charge < -0.3 is 55.0 Å². The maximum atomic E-state index is 13.2. The molecule has 0 radical (unpaired) electrons. The van der Waals surface area contributed by atoms with E-state index in [2.05, 4.69) is 70.3 Å². The minimum Gasteiger partial charge on any atom is -0.504 e. The second-order valence-corrected chi connectivity index (χ2v) is 40.7. The maximum absolute atomic E-state index is 13.2. The molecule has 2 aliphatic heterocycles. The highest BCUT2D eigenvalue weighted by molar-refractivity contribution is 6.43. The Morgan fingerprint density at radius 2 is 0.540 bits per heavy atom. The molecule has 4 saturated carbocycles. The molecule has 0 unspecified atom stereocenters. The predicted octanol–water partition coefficient (Wildman–Crippen LogP) is 16.6. The number of morpholine rings is 1. The summed E-state index contributed by atoms with van der Waals surface area (Å²) < 4.78 is 15.2. The molecule has 18 rings (SSSR count). The van der Waals surface area contributed by atoms with Crippen molar-refractivity contribution in [2.24, 2.45) is 30.7 Å². The molecule has 6 N–H and O–H groups in total. The molecule has 8 heterocycles. The van der Waals surface area contributed by atoms with Crippen molar-refractivity contribution in [2.75, 3.05) is 114 Å². The van der Waals surface area contributed by atoms with Crippen LogP contribution in [0.25, 0.3) is 65.4 Å². The lowest BCUT2D eigenvalue weighted by atomic mass is 10.2. The molecule has 12 aromatic rings. The molecule has 0 bridgehead atoms. The Bertz CT molecular complexity index is 6970. The number of halogens is 12. The van der Waals surface area contributed by atoms with Crippen molar-refractivity contribution in [1.29, 1.82) is 0 Å². The number of phenolic OH excluding ortho intramolecular Hbond substituents is 6. The monoisotopic (exact) mass is 2120 g/mol. The van der Waals surface area contributed by atoms with Gasteiger partial charge in [0, 0.05) is 79.0 Å². The Morgan fingerprint density at radius 3 is 0.810 bits per heavy atom. The number of ether oxygens (including phenoxy) is 1. The second kappa shape index (κ2) is 46.0. The number of benzene rings is 6. The summed E-state index contributed by atoms with van der Waals surface area (Å²) >= 11 is 72.7. The largest absolute Gasteiger partial charge is 0.504 e. The van der Waals surface area contributed by atoms with E-state index in [1.807, 2.05) is 63.9 Å². The third-order valence-electron chi connectivity index (χ3n) is 24.5. The van der Waals surface area contributed by atoms with E-state index in [1.165, 1.54) is 41.0 Å². The average Bonchev–Trinajstić information content (AvgIpc) is 1.36. The SMILES string of the molecule is CCN(CC)Cc1nc2c(O)c(Cl)cc(Cl)c2c(=O)n1CC1CC1.CCN1CCN(Cc2nc3c(O)c(Cl)cc(Cl)c3c(=O)n2CC2CC2)CC1.CCn1c(CN(C)C)nc2c(O)c(Cl)cc(Cl)c2c1=O.CN(C)Cc1nc2c(O)c(Cl)cc(Cl)c2c(=O)n1C.CN(C)Cc1nc2c(O)c(Cl)cc(Cl)c2c(=O)n1CC1CC1.O=c1c2c(Cl)cc(Cl)c(O)c2nc(CN2CCOCC2)n1CC1CC1. The van der Waals surface area contributed by atoms with Crippen LogP contribution >= 0.6 is 139 Å². The molecular weight excluding hydrogens is 2020 g/mol. The van der Waals surface area contributed by atoms with Crippen LogP contribution in [0.4, 0.5) is 0 Å². The number of aromatic hydroxyl groups is 6. The van der Waals surface area contributed by atoms with Gasteiger partial charge in [0.1, 0.15) is 68.0 Å². The molecule has 0 atom stereocenters. The molecule has 2 saturated heterocycles. The number of piperazine rings is 1. The summed E-state index contributed by atoms with van der Waals surface area (Å²) in [4.78, 5) is 119. The molecule has 0 spiro atoms. The molecule has 6 aromatic carbocycles. The molecule has 32 nitrogen and oxygen atoms in total. The molecule has 44 heteroatoms. The predicted molar refractivity (Wildman–Crippen MR) is 546 cm³/mol. The highest BCUT2D eigenvalue weighted by Crippen LogP contribution is 2.43. The lowest BCUT2D eigenvalue weighted by Gasteiger charge is -2.34. The molecule has 137 heavy (non-hydrogen) atoms. The molecule has 0 amide bonds. The summed E-state index contributed by atoms with van der Waals surface area (Å²) in [6.07, 6.45) is 9.06. The van der Waals surface area contributed by atoms with Crippen molar-refractivity contribution in [3.63, 3.8) is 0 Å². The summed E-state index contributed by atoms with van der Waals surface area (Å²) in [5.41, 5.74) is -0.376. The lowest BCUT2D eigenvalue weighted by molar-refractivity contribution is 0.0324. The standard InChI is InChI=1S/C19H24Cl2N4O2.C17H19Cl2N3O3.C17H21Cl2N3O2.C15H17Cl2N3O2.C13H15Cl2N3O2.C12H13Cl2N3O2/c1-2-23-5-7-24(8-6-23)11-15-22-17-16(13(20)9-14(21)18(17)26)19(27)25(15)10-12-3-4-12;18-11-7-12(19)16(23)15-14(11)17(24)22(8-10-1-2-10)13(20-15)9-21-3-5-25-6-4-21;1-3-21(4-2)9-13-20-15-14(11(18)7-12(19)16(15)23)17(24)22(13)8-10-5-6-10;1-19(2)7-11-18-13-12(9(16)5-10(17)14(13)21)15(22)20(11)6-8-3-4-8;1-4-18-9(6-17(2)3)16-11-10(13(18)20)7(14)5-8(15)12(11)19;1-16(2)5-8-15-10-9(12(19)17(8)3)6(13)4-7(14)11(10)18/h9,12,26H,2-8,10-11H2,1H3;7,10,23H,1-6,8-9H2;7,10,23H,3-6,8-9H2,1-2H3;5,8,21H,3-4,6-7H2,1-2H3;5,19H,4,6H2,1-3H3;4,18H,5H2,1-3H3. The number of phenols is 6. The number of hydrogen-bond donors (Lipinski definition) is 6. The topological polar surface area (TPSA) is 363 Å². The highest BCUT2D eigenvalue weighted by Gasteiger charge is 2.34. The van der Waals surface area contributed by atoms with E-state index in [9.17, 15) is 59.4 Å². The molecule has 6 fully saturated rings. The first-order valence-corrected chi connectivity index (χ1v) is 49.6. The van der Waals surface area contributed by atoms with Gasteiger partial charge >= 0.3 is 0 Å². The van der Waals surface area contributed by atoms with Gasteiger partial charge in [0.2, 0.25) is 0 Å². The second-order valence-electron chi connectivity index (χ2n) is 35.8. The summed E-state index contributed by atoms with van der Waals surface area (Å²) in [5.74, 6) is 4.56. The van der Waals surface area contributed by atoms with E-state index in [1.54, 1.807) is 29.9 Å². The highest BCUT2D eigenvalue weighted by atomic mass is 35.5. The Labute approximate surface area is 849 Å². The first-order chi connectivity index (χ1) is 65.0. The fourth-order valence-corrected chi connectivity index (χ4v) is 19.3. The fraction of sp³-hybridized carbons (Fsp3) is 0.484. The summed E-state index contributed by atoms with van der Waals surface area (Å²) in [6, 6.07) is 8.29. The molecular formula is C93H109Cl12N19O13. The smallest absolute Gasteiger partial charge is 0.263 e. The minimum absolute atomic E-state index is 0.0778. The maximum Gasteiger partial charge on any atom is 0.263 e. The van der Waals surface area contributed by atoms with Gasteiger partial charge in [-0.3, -0.25) is 70.9 Å². The van der Waals surface area contributed by atoms with E-state index < -0.39 is 0 Å². The number of fused-ring (bicyclic) bond motifs is 6. The Kier molecular flexibility index (Phi) is 35.7. The van der Waals surface area contributed by atoms with E-state index >= 15 is 0 Å². The number of aromatic nitrogens is 12. The third kappa shape index (κ3) is 24.9. The van der Waals surface area contributed by atoms with Crippen molar-refractivity contribution in [3.05, 3.63) is 194 Å². The van der Waals surface area contributed by atoms with Crippen LogP contribution in [0, 0.1) is 23.7 Å². The van der Waals surface area contributed by atoms with Gasteiger partial charge in [0.25, 0.3) is 33.4 Å². The average molecular weight is 2130 g/mol. The molecule has 6 aromatic heterocycles. The quantitative estimate of drug-likeness (QED) is 0.0327. The number of rotatable bonds is 24. The molecule has 738 valence electrons. The number of likely N-dealkylation sites (N-methyl/N-ethyl adjacent to an activating group) is 1. The zero-order valence-electron chi connectivity index (χ0n) is 77.6. The van der Waals surface area contributed by atoms with E-state index in [-0.39, 0.29) is 194 Å². The van der Waals surface area contributed by atoms with E-state index in [0.717, 1.165) is 110 Å². The van der Waals surface area contributed by atoms with Gasteiger partial charge in [-0.25, -0.2) is 29.9 Å². The van der Waals surface area contributed by atoms with E-state index in [0.29, 0.717) is 144 Å². The van der Waals surface area contributed by atoms with Crippen LogP contribution < -0.4 is 33.4 Å². The van der Waals surface area contributed by atoms with Crippen molar-refractivity contribution in [3.8, 4) is 34.5 Å². The fourth-order valence-electron chi connectivity index (χ4n) is 16.1. The van der Waals surface area contributed by atoms with Gasteiger partial charge in [-0.2, -0.15) is 0 Å². The van der Waals surface area contributed by atoms with E-state index in [4.69, 9.17) is 144 Å². The van der Waals surface area contributed by atoms with Gasteiger partial charge in [0.05, 0.1) is 145 Å². The number of nitrogens with zero attached hydrogens (tertiary/aromatic N) is 19. The van der Waals surface area contributed by atoms with Crippen LogP contribution in [0.2, 0.25) is 60.3 Å². The van der Waals surface area contributed by atoms with Crippen molar-refractivity contribution in [2.45, 2.75) is 151 Å². The Morgan fingerprint density at radius 1 is 0.307 bits per heavy atom. The van der Waals surface area contributed by atoms with Gasteiger partial charge in [-0.05, 0) is 180 Å².